The van der Waals surface area contributed by atoms with Crippen LogP contribution in [-0.2, 0) is 0 Å². The molecule has 0 saturated carbocycles. The lowest BCUT2D eigenvalue weighted by atomic mass is 10.0. The summed E-state index contributed by atoms with van der Waals surface area (Å²) in [4.78, 5) is 14.4. The molecule has 4 heteroatoms. The molecule has 1 fully saturated rings. The van der Waals surface area contributed by atoms with E-state index in [1.165, 1.54) is 12.8 Å². The molecule has 0 bridgehead atoms. The van der Waals surface area contributed by atoms with Crippen molar-refractivity contribution in [2.24, 2.45) is 5.92 Å². The van der Waals surface area contributed by atoms with Crippen molar-refractivity contribution in [2.75, 3.05) is 25.9 Å². The van der Waals surface area contributed by atoms with Gasteiger partial charge in [0.25, 0.3) is 5.91 Å². The number of nitrogens with two attached hydrogens (primary N) is 1. The summed E-state index contributed by atoms with van der Waals surface area (Å²) < 4.78 is 5.25. The molecule has 1 aliphatic rings. The maximum Gasteiger partial charge on any atom is 0.257 e. The Hall–Kier alpha value is -1.71. The van der Waals surface area contributed by atoms with Gasteiger partial charge >= 0.3 is 0 Å². The number of hydrogen-bond donors (Lipinski definition) is 1. The van der Waals surface area contributed by atoms with E-state index < -0.39 is 0 Å². The van der Waals surface area contributed by atoms with Crippen molar-refractivity contribution < 1.29 is 9.53 Å². The second-order valence-electron chi connectivity index (χ2n) is 5.15. The highest BCUT2D eigenvalue weighted by Gasteiger charge is 2.27. The molecule has 1 aromatic carbocycles. The van der Waals surface area contributed by atoms with Crippen molar-refractivity contribution >= 4 is 11.6 Å². The Labute approximate surface area is 114 Å². The number of anilines is 1. The molecule has 1 aliphatic heterocycles. The smallest absolute Gasteiger partial charge is 0.257 e. The van der Waals surface area contributed by atoms with E-state index in [2.05, 4.69) is 6.92 Å². The first-order valence-corrected chi connectivity index (χ1v) is 6.88. The van der Waals surface area contributed by atoms with E-state index >= 15 is 0 Å². The summed E-state index contributed by atoms with van der Waals surface area (Å²) in [5, 5.41) is 0. The summed E-state index contributed by atoms with van der Waals surface area (Å²) in [6, 6.07) is 5.20. The third-order valence-electron chi connectivity index (χ3n) is 3.73. The van der Waals surface area contributed by atoms with Crippen molar-refractivity contribution in [2.45, 2.75) is 26.2 Å². The third kappa shape index (κ3) is 3.00. The molecule has 0 radical (unpaired) electrons. The Bertz CT molecular complexity index is 459. The van der Waals surface area contributed by atoms with Crippen molar-refractivity contribution in [1.29, 1.82) is 0 Å². The van der Waals surface area contributed by atoms with Gasteiger partial charge in [0, 0.05) is 24.8 Å². The summed E-state index contributed by atoms with van der Waals surface area (Å²) in [6.45, 7) is 3.89. The Morgan fingerprint density at radius 1 is 1.53 bits per heavy atom. The van der Waals surface area contributed by atoms with Crippen LogP contribution in [0.5, 0.6) is 5.75 Å². The van der Waals surface area contributed by atoms with Crippen LogP contribution in [0.15, 0.2) is 18.2 Å². The average molecular weight is 262 g/mol. The summed E-state index contributed by atoms with van der Waals surface area (Å²) in [7, 11) is 1.56. The first kappa shape index (κ1) is 13.7. The summed E-state index contributed by atoms with van der Waals surface area (Å²) >= 11 is 0. The van der Waals surface area contributed by atoms with Crippen LogP contribution in [0.2, 0.25) is 0 Å². The van der Waals surface area contributed by atoms with Gasteiger partial charge in [-0.1, -0.05) is 13.3 Å². The van der Waals surface area contributed by atoms with Gasteiger partial charge in [-0.25, -0.2) is 0 Å². The highest BCUT2D eigenvalue weighted by molar-refractivity contribution is 5.97. The molecular weight excluding hydrogens is 240 g/mol. The van der Waals surface area contributed by atoms with Crippen LogP contribution in [0.3, 0.4) is 0 Å². The van der Waals surface area contributed by atoms with Crippen molar-refractivity contribution in [3.8, 4) is 5.75 Å². The summed E-state index contributed by atoms with van der Waals surface area (Å²) in [6.07, 6.45) is 3.48. The lowest BCUT2D eigenvalue weighted by Crippen LogP contribution is -2.29. The van der Waals surface area contributed by atoms with Crippen molar-refractivity contribution in [3.05, 3.63) is 23.8 Å². The second kappa shape index (κ2) is 5.95. The van der Waals surface area contributed by atoms with Crippen LogP contribution in [0.4, 0.5) is 5.69 Å². The molecule has 104 valence electrons. The summed E-state index contributed by atoms with van der Waals surface area (Å²) in [5.41, 5.74) is 6.93. The van der Waals surface area contributed by atoms with E-state index in [0.29, 0.717) is 22.9 Å². The molecule has 1 atom stereocenters. The number of hydrogen-bond acceptors (Lipinski definition) is 3. The number of carbonyl (C=O) groups excluding carboxylic acids is 1. The number of benzene rings is 1. The fraction of sp³-hybridized carbons (Fsp3) is 0.533. The van der Waals surface area contributed by atoms with Gasteiger partial charge in [0.15, 0.2) is 0 Å². The number of nitrogen functional groups attached to an aromatic ring is 1. The molecule has 1 amide bonds. The Balaban J connectivity index is 2.12. The molecule has 1 aromatic rings. The lowest BCUT2D eigenvalue weighted by Gasteiger charge is -2.18. The molecule has 2 N–H and O–H groups in total. The third-order valence-corrected chi connectivity index (χ3v) is 3.73. The SMILES string of the molecule is CCCC1CCN(C(=O)c2ccc(N)cc2OC)C1. The fourth-order valence-corrected chi connectivity index (χ4v) is 2.72. The van der Waals surface area contributed by atoms with Gasteiger partial charge in [-0.3, -0.25) is 4.79 Å². The van der Waals surface area contributed by atoms with E-state index in [1.807, 2.05) is 4.90 Å². The van der Waals surface area contributed by atoms with Gasteiger partial charge in [-0.05, 0) is 30.9 Å². The minimum Gasteiger partial charge on any atom is -0.496 e. The van der Waals surface area contributed by atoms with Crippen LogP contribution >= 0.6 is 0 Å². The maximum atomic E-state index is 12.5. The molecule has 19 heavy (non-hydrogen) atoms. The van der Waals surface area contributed by atoms with Crippen LogP contribution in [0.25, 0.3) is 0 Å². The number of likely N-dealkylation sites (tertiary alicyclic amines) is 1. The largest absolute Gasteiger partial charge is 0.496 e. The zero-order valence-corrected chi connectivity index (χ0v) is 11.7. The second-order valence-corrected chi connectivity index (χ2v) is 5.15. The zero-order chi connectivity index (χ0) is 13.8. The van der Waals surface area contributed by atoms with Gasteiger partial charge in [0.2, 0.25) is 0 Å². The minimum atomic E-state index is 0.0513. The van der Waals surface area contributed by atoms with Gasteiger partial charge in [0.1, 0.15) is 5.75 Å². The molecule has 0 aromatic heterocycles. The predicted molar refractivity (Wildman–Crippen MR) is 76.3 cm³/mol. The highest BCUT2D eigenvalue weighted by atomic mass is 16.5. The monoisotopic (exact) mass is 262 g/mol. The van der Waals surface area contributed by atoms with Crippen LogP contribution < -0.4 is 10.5 Å². The first-order chi connectivity index (χ1) is 9.15. The minimum absolute atomic E-state index is 0.0513. The van der Waals surface area contributed by atoms with Crippen LogP contribution in [0.1, 0.15) is 36.5 Å². The number of amides is 1. The van der Waals surface area contributed by atoms with Crippen LogP contribution in [0, 0.1) is 5.92 Å². The topological polar surface area (TPSA) is 55.6 Å². The lowest BCUT2D eigenvalue weighted by molar-refractivity contribution is 0.0783. The molecule has 2 rings (SSSR count). The Morgan fingerprint density at radius 2 is 2.32 bits per heavy atom. The number of carbonyl (C=O) groups is 1. The summed E-state index contributed by atoms with van der Waals surface area (Å²) in [5.74, 6) is 1.26. The molecule has 1 unspecified atom stereocenters. The molecular formula is C15H22N2O2. The normalized spacial score (nSPS) is 18.6. The molecule has 1 saturated heterocycles. The van der Waals surface area contributed by atoms with Crippen LogP contribution in [-0.4, -0.2) is 31.0 Å². The highest BCUT2D eigenvalue weighted by Crippen LogP contribution is 2.27. The molecule has 4 nitrogen and oxygen atoms in total. The number of ether oxygens (including phenoxy) is 1. The Kier molecular flexibility index (Phi) is 4.30. The van der Waals surface area contributed by atoms with E-state index in [0.717, 1.165) is 19.5 Å². The van der Waals surface area contributed by atoms with Gasteiger partial charge < -0.3 is 15.4 Å². The Morgan fingerprint density at radius 3 is 3.00 bits per heavy atom. The first-order valence-electron chi connectivity index (χ1n) is 6.88. The van der Waals surface area contributed by atoms with Crippen molar-refractivity contribution in [3.63, 3.8) is 0 Å². The number of rotatable bonds is 4. The molecule has 0 spiro atoms. The van der Waals surface area contributed by atoms with E-state index in [4.69, 9.17) is 10.5 Å². The number of methoxy groups -OCH3 is 1. The zero-order valence-electron chi connectivity index (χ0n) is 11.7. The van der Waals surface area contributed by atoms with Gasteiger partial charge in [0.05, 0.1) is 12.7 Å². The average Bonchev–Trinajstić information content (AvgIpc) is 2.87. The van der Waals surface area contributed by atoms with E-state index in [9.17, 15) is 4.79 Å². The van der Waals surface area contributed by atoms with E-state index in [1.54, 1.807) is 25.3 Å². The predicted octanol–water partition coefficient (Wildman–Crippen LogP) is 2.54. The van der Waals surface area contributed by atoms with E-state index in [-0.39, 0.29) is 5.91 Å². The maximum absolute atomic E-state index is 12.5. The molecule has 0 aliphatic carbocycles. The molecule has 1 heterocycles. The number of nitrogens with zero attached hydrogens (tertiary/aromatic N) is 1. The van der Waals surface area contributed by atoms with Gasteiger partial charge in [-0.2, -0.15) is 0 Å². The van der Waals surface area contributed by atoms with Gasteiger partial charge in [-0.15, -0.1) is 0 Å². The standard InChI is InChI=1S/C15H22N2O2/c1-3-4-11-7-8-17(10-11)15(18)13-6-5-12(16)9-14(13)19-2/h5-6,9,11H,3-4,7-8,10,16H2,1-2H3. The van der Waals surface area contributed by atoms with Crippen molar-refractivity contribution in [1.82, 2.24) is 4.90 Å². The fourth-order valence-electron chi connectivity index (χ4n) is 2.72. The quantitative estimate of drug-likeness (QED) is 0.848.